The van der Waals surface area contributed by atoms with Crippen molar-refractivity contribution in [3.8, 4) is 0 Å². The van der Waals surface area contributed by atoms with Gasteiger partial charge in [0.2, 0.25) is 5.91 Å². The molecule has 23 heavy (non-hydrogen) atoms. The smallest absolute Gasteiger partial charge is 0.292 e. The summed E-state index contributed by atoms with van der Waals surface area (Å²) in [6.45, 7) is 3.30. The first-order chi connectivity index (χ1) is 11.0. The third-order valence-electron chi connectivity index (χ3n) is 4.11. The first-order valence-electron chi connectivity index (χ1n) is 7.92. The number of nitro groups is 1. The Hall–Kier alpha value is -1.99. The molecule has 0 aromatic heterocycles. The molecule has 0 aliphatic carbocycles. The van der Waals surface area contributed by atoms with Crippen LogP contribution in [0.1, 0.15) is 32.6 Å². The highest BCUT2D eigenvalue weighted by Crippen LogP contribution is 2.24. The molecule has 1 aliphatic rings. The molecular formula is C16H23N3O4. The molecule has 1 fully saturated rings. The third-order valence-corrected chi connectivity index (χ3v) is 4.11. The van der Waals surface area contributed by atoms with E-state index in [0.29, 0.717) is 19.0 Å². The van der Waals surface area contributed by atoms with Crippen molar-refractivity contribution in [1.82, 2.24) is 4.90 Å². The zero-order valence-electron chi connectivity index (χ0n) is 13.3. The summed E-state index contributed by atoms with van der Waals surface area (Å²) < 4.78 is 0. The van der Waals surface area contributed by atoms with Crippen LogP contribution in [0.2, 0.25) is 0 Å². The Balaban J connectivity index is 1.87. The number of nitro benzene ring substituents is 1. The molecular weight excluding hydrogens is 298 g/mol. The van der Waals surface area contributed by atoms with Gasteiger partial charge in [0.05, 0.1) is 11.0 Å². The van der Waals surface area contributed by atoms with Crippen molar-refractivity contribution in [2.75, 3.05) is 18.4 Å². The molecule has 2 unspecified atom stereocenters. The van der Waals surface area contributed by atoms with Gasteiger partial charge in [0.15, 0.2) is 0 Å². The van der Waals surface area contributed by atoms with E-state index in [1.165, 1.54) is 12.1 Å². The first kappa shape index (κ1) is 17.4. The molecule has 1 aromatic carbocycles. The number of carbonyl (C=O) groups is 1. The number of rotatable bonds is 7. The lowest BCUT2D eigenvalue weighted by atomic mass is 10.1. The molecule has 0 radical (unpaired) electrons. The Bertz CT molecular complexity index is 562. The van der Waals surface area contributed by atoms with Crippen LogP contribution >= 0.6 is 0 Å². The molecule has 0 bridgehead atoms. The summed E-state index contributed by atoms with van der Waals surface area (Å²) >= 11 is 0. The molecule has 1 heterocycles. The van der Waals surface area contributed by atoms with E-state index in [2.05, 4.69) is 10.2 Å². The van der Waals surface area contributed by atoms with Crippen LogP contribution in [0, 0.1) is 10.1 Å². The highest BCUT2D eigenvalue weighted by molar-refractivity contribution is 5.93. The quantitative estimate of drug-likeness (QED) is 0.592. The number of aliphatic hydroxyl groups is 1. The molecule has 2 N–H and O–H groups in total. The molecule has 1 saturated heterocycles. The Morgan fingerprint density at radius 3 is 2.96 bits per heavy atom. The van der Waals surface area contributed by atoms with Crippen molar-refractivity contribution in [2.45, 2.75) is 44.8 Å². The molecule has 0 saturated carbocycles. The topological polar surface area (TPSA) is 95.7 Å². The summed E-state index contributed by atoms with van der Waals surface area (Å²) in [5, 5.41) is 23.1. The molecule has 0 spiro atoms. The van der Waals surface area contributed by atoms with Gasteiger partial charge in [0.1, 0.15) is 5.69 Å². The van der Waals surface area contributed by atoms with Crippen LogP contribution < -0.4 is 5.32 Å². The molecule has 2 atom stereocenters. The maximum Gasteiger partial charge on any atom is 0.292 e. The first-order valence-corrected chi connectivity index (χ1v) is 7.92. The average molecular weight is 321 g/mol. The SMILES string of the molecule is CC(O)CC1CCCN1CCC(=O)Nc1ccccc1[N+](=O)[O-]. The number of nitrogens with one attached hydrogen (secondary N) is 1. The van der Waals surface area contributed by atoms with Gasteiger partial charge in [-0.15, -0.1) is 0 Å². The van der Waals surface area contributed by atoms with Crippen molar-refractivity contribution in [1.29, 1.82) is 0 Å². The summed E-state index contributed by atoms with van der Waals surface area (Å²) in [5.74, 6) is -0.234. The zero-order chi connectivity index (χ0) is 16.8. The lowest BCUT2D eigenvalue weighted by Crippen LogP contribution is -2.34. The lowest BCUT2D eigenvalue weighted by molar-refractivity contribution is -0.383. The van der Waals surface area contributed by atoms with E-state index < -0.39 is 4.92 Å². The summed E-state index contributed by atoms with van der Waals surface area (Å²) in [6.07, 6.45) is 2.76. The number of amides is 1. The second kappa shape index (κ2) is 8.03. The Labute approximate surface area is 135 Å². The average Bonchev–Trinajstić information content (AvgIpc) is 2.92. The fourth-order valence-corrected chi connectivity index (χ4v) is 3.05. The van der Waals surface area contributed by atoms with Crippen molar-refractivity contribution in [3.63, 3.8) is 0 Å². The second-order valence-electron chi connectivity index (χ2n) is 5.99. The van der Waals surface area contributed by atoms with Crippen LogP contribution in [-0.2, 0) is 4.79 Å². The number of benzene rings is 1. The predicted molar refractivity (Wildman–Crippen MR) is 87.2 cm³/mol. The van der Waals surface area contributed by atoms with Crippen LogP contribution in [0.3, 0.4) is 0 Å². The number of para-hydroxylation sites is 2. The van der Waals surface area contributed by atoms with Crippen LogP contribution in [0.25, 0.3) is 0 Å². The van der Waals surface area contributed by atoms with Gasteiger partial charge < -0.3 is 10.4 Å². The monoisotopic (exact) mass is 321 g/mol. The number of likely N-dealkylation sites (tertiary alicyclic amines) is 1. The number of nitrogens with zero attached hydrogens (tertiary/aromatic N) is 2. The normalized spacial score (nSPS) is 19.5. The highest BCUT2D eigenvalue weighted by Gasteiger charge is 2.26. The summed E-state index contributed by atoms with van der Waals surface area (Å²) in [7, 11) is 0. The zero-order valence-corrected chi connectivity index (χ0v) is 13.3. The third kappa shape index (κ3) is 5.01. The highest BCUT2D eigenvalue weighted by atomic mass is 16.6. The van der Waals surface area contributed by atoms with Gasteiger partial charge in [-0.2, -0.15) is 0 Å². The number of hydrogen-bond acceptors (Lipinski definition) is 5. The van der Waals surface area contributed by atoms with Gasteiger partial charge in [-0.25, -0.2) is 0 Å². The summed E-state index contributed by atoms with van der Waals surface area (Å²) in [6, 6.07) is 6.44. The van der Waals surface area contributed by atoms with Crippen LogP contribution in [0.4, 0.5) is 11.4 Å². The Kier molecular flexibility index (Phi) is 6.06. The van der Waals surface area contributed by atoms with Gasteiger partial charge in [0, 0.05) is 25.1 Å². The van der Waals surface area contributed by atoms with Crippen LogP contribution in [0.15, 0.2) is 24.3 Å². The van der Waals surface area contributed by atoms with Crippen LogP contribution in [0.5, 0.6) is 0 Å². The number of carbonyl (C=O) groups excluding carboxylic acids is 1. The minimum absolute atomic E-state index is 0.103. The van der Waals surface area contributed by atoms with Gasteiger partial charge in [-0.1, -0.05) is 12.1 Å². The van der Waals surface area contributed by atoms with Gasteiger partial charge in [-0.3, -0.25) is 19.8 Å². The fourth-order valence-electron chi connectivity index (χ4n) is 3.05. The van der Waals surface area contributed by atoms with Gasteiger partial charge in [-0.05, 0) is 38.8 Å². The van der Waals surface area contributed by atoms with E-state index in [1.54, 1.807) is 19.1 Å². The molecule has 7 nitrogen and oxygen atoms in total. The van der Waals surface area contributed by atoms with E-state index in [9.17, 15) is 20.0 Å². The van der Waals surface area contributed by atoms with Crippen molar-refractivity contribution in [3.05, 3.63) is 34.4 Å². The lowest BCUT2D eigenvalue weighted by Gasteiger charge is -2.25. The molecule has 1 aliphatic heterocycles. The number of anilines is 1. The number of aliphatic hydroxyl groups excluding tert-OH is 1. The van der Waals surface area contributed by atoms with E-state index in [-0.39, 0.29) is 29.8 Å². The summed E-state index contributed by atoms with van der Waals surface area (Å²) in [5.41, 5.74) is 0.124. The van der Waals surface area contributed by atoms with Crippen molar-refractivity contribution < 1.29 is 14.8 Å². The van der Waals surface area contributed by atoms with E-state index in [0.717, 1.165) is 19.4 Å². The summed E-state index contributed by atoms with van der Waals surface area (Å²) in [4.78, 5) is 24.7. The predicted octanol–water partition coefficient (Wildman–Crippen LogP) is 2.16. The maximum atomic E-state index is 12.1. The minimum atomic E-state index is -0.505. The van der Waals surface area contributed by atoms with Crippen molar-refractivity contribution in [2.24, 2.45) is 0 Å². The standard InChI is InChI=1S/C16H23N3O4/c1-12(20)11-13-5-4-9-18(13)10-8-16(21)17-14-6-2-3-7-15(14)19(22)23/h2-3,6-7,12-13,20H,4-5,8-11H2,1H3,(H,17,21). The molecule has 126 valence electrons. The molecule has 7 heteroatoms. The molecule has 1 amide bonds. The number of hydrogen-bond donors (Lipinski definition) is 2. The largest absolute Gasteiger partial charge is 0.393 e. The van der Waals surface area contributed by atoms with Gasteiger partial charge >= 0.3 is 0 Å². The maximum absolute atomic E-state index is 12.1. The Morgan fingerprint density at radius 1 is 1.52 bits per heavy atom. The Morgan fingerprint density at radius 2 is 2.26 bits per heavy atom. The fraction of sp³-hybridized carbons (Fsp3) is 0.562. The van der Waals surface area contributed by atoms with E-state index in [4.69, 9.17) is 0 Å². The van der Waals surface area contributed by atoms with E-state index >= 15 is 0 Å². The second-order valence-corrected chi connectivity index (χ2v) is 5.99. The van der Waals surface area contributed by atoms with Crippen molar-refractivity contribution >= 4 is 17.3 Å². The van der Waals surface area contributed by atoms with Crippen LogP contribution in [-0.4, -0.2) is 46.1 Å². The van der Waals surface area contributed by atoms with Gasteiger partial charge in [0.25, 0.3) is 5.69 Å². The molecule has 1 aromatic rings. The molecule has 2 rings (SSSR count). The minimum Gasteiger partial charge on any atom is -0.393 e. The van der Waals surface area contributed by atoms with E-state index in [1.807, 2.05) is 0 Å².